The molecule has 0 aliphatic carbocycles. The molecule has 1 aromatic rings. The molecule has 1 atom stereocenters. The van der Waals surface area contributed by atoms with Crippen molar-refractivity contribution in [2.24, 2.45) is 0 Å². The Bertz CT molecular complexity index is 685. The van der Waals surface area contributed by atoms with E-state index in [1.165, 1.54) is 19.3 Å². The topological polar surface area (TPSA) is 53.1 Å². The number of carbonyl (C=O) groups excluding carboxylic acids is 2. The molecule has 0 radical (unpaired) electrons. The summed E-state index contributed by atoms with van der Waals surface area (Å²) in [6.45, 7) is 9.68. The molecule has 3 rings (SSSR count). The Kier molecular flexibility index (Phi) is 8.55. The number of ether oxygens (including phenoxy) is 1. The molecule has 30 heavy (non-hydrogen) atoms. The van der Waals surface area contributed by atoms with Gasteiger partial charge < -0.3 is 19.4 Å². The molecule has 2 fully saturated rings. The lowest BCUT2D eigenvalue weighted by Crippen LogP contribution is -2.53. The van der Waals surface area contributed by atoms with Gasteiger partial charge in [-0.3, -0.25) is 9.59 Å². The Labute approximate surface area is 181 Å². The minimum Gasteiger partial charge on any atom is -0.494 e. The van der Waals surface area contributed by atoms with Crippen molar-refractivity contribution in [1.29, 1.82) is 0 Å². The highest BCUT2D eigenvalue weighted by molar-refractivity contribution is 5.79. The average Bonchev–Trinajstić information content (AvgIpc) is 2.76. The summed E-state index contributed by atoms with van der Waals surface area (Å²) in [6.07, 6.45) is 6.17. The maximum atomic E-state index is 12.9. The number of likely N-dealkylation sites (tertiary alicyclic amines) is 2. The molecular formula is C24H37N3O3. The molecule has 2 saturated heterocycles. The van der Waals surface area contributed by atoms with Crippen molar-refractivity contribution in [3.63, 3.8) is 0 Å². The third-order valence-electron chi connectivity index (χ3n) is 6.29. The van der Waals surface area contributed by atoms with Crippen LogP contribution in [0, 0.1) is 0 Å². The van der Waals surface area contributed by atoms with Crippen LogP contribution < -0.4 is 4.74 Å². The second kappa shape index (κ2) is 11.3. The summed E-state index contributed by atoms with van der Waals surface area (Å²) >= 11 is 0. The minimum absolute atomic E-state index is 0.123. The summed E-state index contributed by atoms with van der Waals surface area (Å²) in [6, 6.07) is 7.90. The standard InChI is InChI=1S/C24H37N3O3/c1-3-30-23-11-9-21(10-12-23)18-24(29)26-15-7-8-22(19-26)27(20(2)28)17-16-25-13-5-4-6-14-25/h9-12,22H,3-8,13-19H2,1-2H3. The maximum Gasteiger partial charge on any atom is 0.227 e. The largest absolute Gasteiger partial charge is 0.494 e. The van der Waals surface area contributed by atoms with E-state index in [-0.39, 0.29) is 17.9 Å². The minimum atomic E-state index is 0.123. The monoisotopic (exact) mass is 415 g/mol. The third-order valence-corrected chi connectivity index (χ3v) is 6.29. The highest BCUT2D eigenvalue weighted by atomic mass is 16.5. The summed E-state index contributed by atoms with van der Waals surface area (Å²) < 4.78 is 5.48. The summed E-state index contributed by atoms with van der Waals surface area (Å²) in [5.74, 6) is 1.10. The fourth-order valence-corrected chi connectivity index (χ4v) is 4.62. The molecule has 0 aromatic heterocycles. The van der Waals surface area contributed by atoms with Gasteiger partial charge in [-0.25, -0.2) is 0 Å². The van der Waals surface area contributed by atoms with Crippen LogP contribution in [0.1, 0.15) is 51.5 Å². The lowest BCUT2D eigenvalue weighted by Gasteiger charge is -2.40. The van der Waals surface area contributed by atoms with Crippen LogP contribution in [0.15, 0.2) is 24.3 Å². The Morgan fingerprint density at radius 2 is 1.80 bits per heavy atom. The summed E-state index contributed by atoms with van der Waals surface area (Å²) in [5, 5.41) is 0. The number of carbonyl (C=O) groups is 2. The van der Waals surface area contributed by atoms with E-state index in [9.17, 15) is 9.59 Å². The van der Waals surface area contributed by atoms with E-state index in [0.29, 0.717) is 19.6 Å². The van der Waals surface area contributed by atoms with Gasteiger partial charge in [0.15, 0.2) is 0 Å². The first-order valence-corrected chi connectivity index (χ1v) is 11.6. The zero-order valence-corrected chi connectivity index (χ0v) is 18.6. The summed E-state index contributed by atoms with van der Waals surface area (Å²) in [5.41, 5.74) is 0.999. The van der Waals surface area contributed by atoms with Crippen molar-refractivity contribution >= 4 is 11.8 Å². The van der Waals surface area contributed by atoms with E-state index in [4.69, 9.17) is 4.74 Å². The third kappa shape index (κ3) is 6.46. The molecule has 2 amide bonds. The molecule has 0 bridgehead atoms. The van der Waals surface area contributed by atoms with Crippen LogP contribution in [0.2, 0.25) is 0 Å². The van der Waals surface area contributed by atoms with Gasteiger partial charge in [-0.15, -0.1) is 0 Å². The van der Waals surface area contributed by atoms with Crippen molar-refractivity contribution in [2.75, 3.05) is 45.9 Å². The van der Waals surface area contributed by atoms with Gasteiger partial charge in [0.05, 0.1) is 13.0 Å². The Morgan fingerprint density at radius 1 is 1.07 bits per heavy atom. The number of benzene rings is 1. The van der Waals surface area contributed by atoms with E-state index >= 15 is 0 Å². The Morgan fingerprint density at radius 3 is 2.47 bits per heavy atom. The normalized spacial score (nSPS) is 20.1. The second-order valence-electron chi connectivity index (χ2n) is 8.50. The van der Waals surface area contributed by atoms with Crippen molar-refractivity contribution < 1.29 is 14.3 Å². The average molecular weight is 416 g/mol. The molecule has 0 N–H and O–H groups in total. The van der Waals surface area contributed by atoms with Gasteiger partial charge in [0.1, 0.15) is 5.75 Å². The van der Waals surface area contributed by atoms with Crippen LogP contribution in [0.5, 0.6) is 5.75 Å². The molecule has 0 saturated carbocycles. The summed E-state index contributed by atoms with van der Waals surface area (Å²) in [7, 11) is 0. The molecule has 166 valence electrons. The van der Waals surface area contributed by atoms with Gasteiger partial charge in [-0.1, -0.05) is 18.6 Å². The van der Waals surface area contributed by atoms with Gasteiger partial charge in [-0.05, 0) is 63.4 Å². The molecule has 2 aliphatic rings. The number of hydrogen-bond donors (Lipinski definition) is 0. The highest BCUT2D eigenvalue weighted by Gasteiger charge is 2.29. The van der Waals surface area contributed by atoms with Crippen LogP contribution in [-0.2, 0) is 16.0 Å². The van der Waals surface area contributed by atoms with E-state index in [1.807, 2.05) is 41.0 Å². The van der Waals surface area contributed by atoms with E-state index in [0.717, 1.165) is 56.9 Å². The van der Waals surface area contributed by atoms with Crippen LogP contribution in [0.3, 0.4) is 0 Å². The molecular weight excluding hydrogens is 378 g/mol. The molecule has 2 heterocycles. The quantitative estimate of drug-likeness (QED) is 0.655. The van der Waals surface area contributed by atoms with Crippen molar-refractivity contribution in [2.45, 2.75) is 58.4 Å². The Hall–Kier alpha value is -2.08. The van der Waals surface area contributed by atoms with Gasteiger partial charge >= 0.3 is 0 Å². The van der Waals surface area contributed by atoms with Crippen molar-refractivity contribution in [1.82, 2.24) is 14.7 Å². The summed E-state index contributed by atoms with van der Waals surface area (Å²) in [4.78, 5) is 31.7. The van der Waals surface area contributed by atoms with Crippen LogP contribution in [-0.4, -0.2) is 78.4 Å². The number of hydrogen-bond acceptors (Lipinski definition) is 4. The SMILES string of the molecule is CCOc1ccc(CC(=O)N2CCCC(N(CCN3CCCCC3)C(C)=O)C2)cc1. The first-order valence-electron chi connectivity index (χ1n) is 11.6. The zero-order valence-electron chi connectivity index (χ0n) is 18.6. The molecule has 1 unspecified atom stereocenters. The number of nitrogens with zero attached hydrogens (tertiary/aromatic N) is 3. The molecule has 6 nitrogen and oxygen atoms in total. The van der Waals surface area contributed by atoms with Crippen LogP contribution in [0.25, 0.3) is 0 Å². The van der Waals surface area contributed by atoms with Crippen molar-refractivity contribution in [3.05, 3.63) is 29.8 Å². The lowest BCUT2D eigenvalue weighted by molar-refractivity contribution is -0.138. The molecule has 6 heteroatoms. The second-order valence-corrected chi connectivity index (χ2v) is 8.50. The number of piperidine rings is 2. The zero-order chi connectivity index (χ0) is 21.3. The fraction of sp³-hybridized carbons (Fsp3) is 0.667. The molecule has 1 aromatic carbocycles. The number of amides is 2. The predicted octanol–water partition coefficient (Wildman–Crippen LogP) is 2.95. The first kappa shape index (κ1) is 22.6. The van der Waals surface area contributed by atoms with Gasteiger partial charge in [-0.2, -0.15) is 0 Å². The fourth-order valence-electron chi connectivity index (χ4n) is 4.62. The molecule has 2 aliphatic heterocycles. The highest BCUT2D eigenvalue weighted by Crippen LogP contribution is 2.19. The smallest absolute Gasteiger partial charge is 0.227 e. The predicted molar refractivity (Wildman–Crippen MR) is 119 cm³/mol. The van der Waals surface area contributed by atoms with E-state index in [2.05, 4.69) is 4.90 Å². The van der Waals surface area contributed by atoms with Gasteiger partial charge in [0, 0.05) is 39.1 Å². The van der Waals surface area contributed by atoms with E-state index in [1.54, 1.807) is 6.92 Å². The van der Waals surface area contributed by atoms with E-state index < -0.39 is 0 Å². The Balaban J connectivity index is 1.53. The first-order chi connectivity index (χ1) is 14.6. The van der Waals surface area contributed by atoms with Crippen LogP contribution in [0.4, 0.5) is 0 Å². The van der Waals surface area contributed by atoms with Crippen molar-refractivity contribution in [3.8, 4) is 5.75 Å². The molecule has 0 spiro atoms. The number of rotatable bonds is 8. The van der Waals surface area contributed by atoms with Crippen LogP contribution >= 0.6 is 0 Å². The van der Waals surface area contributed by atoms with Gasteiger partial charge in [0.25, 0.3) is 0 Å². The van der Waals surface area contributed by atoms with Gasteiger partial charge in [0.2, 0.25) is 11.8 Å². The lowest BCUT2D eigenvalue weighted by atomic mass is 10.0. The maximum absolute atomic E-state index is 12.9.